The monoisotopic (exact) mass is 608 g/mol. The first kappa shape index (κ1) is 38.0. The van der Waals surface area contributed by atoms with Crippen LogP contribution in [-0.2, 0) is 18.3 Å². The molecular formula is C36H56O4Si2. The molecule has 4 nitrogen and oxygen atoms in total. The molecule has 0 aromatic rings. The molecule has 0 aromatic carbocycles. The Bertz CT molecular complexity index is 1120. The average Bonchev–Trinajstić information content (AvgIpc) is 3.40. The fourth-order valence-electron chi connectivity index (χ4n) is 3.29. The van der Waals surface area contributed by atoms with Gasteiger partial charge in [0.1, 0.15) is 0 Å². The summed E-state index contributed by atoms with van der Waals surface area (Å²) in [5.74, 6) is 25.1. The minimum absolute atomic E-state index is 0.0875. The Labute approximate surface area is 261 Å². The number of allylic oxidation sites excluding steroid dienone is 2. The molecule has 0 amide bonds. The van der Waals surface area contributed by atoms with Crippen molar-refractivity contribution in [3.63, 3.8) is 0 Å². The van der Waals surface area contributed by atoms with E-state index in [2.05, 4.69) is 128 Å². The molecule has 0 saturated carbocycles. The zero-order valence-corrected chi connectivity index (χ0v) is 30.3. The molecule has 1 aliphatic heterocycles. The maximum atomic E-state index is 6.66. The molecule has 0 bridgehead atoms. The molecule has 2 atom stereocenters. The van der Waals surface area contributed by atoms with Crippen LogP contribution < -0.4 is 0 Å². The second kappa shape index (κ2) is 18.6. The highest BCUT2D eigenvalue weighted by atomic mass is 28.4. The van der Waals surface area contributed by atoms with E-state index in [1.54, 1.807) is 0 Å². The van der Waals surface area contributed by atoms with Crippen molar-refractivity contribution < 1.29 is 18.3 Å². The van der Waals surface area contributed by atoms with Crippen molar-refractivity contribution in [3.05, 3.63) is 24.3 Å². The average molecular weight is 609 g/mol. The van der Waals surface area contributed by atoms with E-state index in [4.69, 9.17) is 18.3 Å². The second-order valence-corrected chi connectivity index (χ2v) is 23.1. The lowest BCUT2D eigenvalue weighted by molar-refractivity contribution is -0.0454. The lowest BCUT2D eigenvalue weighted by atomic mass is 10.2. The first-order valence-corrected chi connectivity index (χ1v) is 21.2. The van der Waals surface area contributed by atoms with E-state index in [1.165, 1.54) is 0 Å². The van der Waals surface area contributed by atoms with Gasteiger partial charge in [0, 0.05) is 19.3 Å². The number of rotatable bonds is 10. The number of ether oxygens (including phenoxy) is 2. The molecule has 0 aliphatic carbocycles. The van der Waals surface area contributed by atoms with E-state index in [0.29, 0.717) is 32.5 Å². The summed E-state index contributed by atoms with van der Waals surface area (Å²) in [5, 5.41) is 0.301. The third kappa shape index (κ3) is 15.5. The Morgan fingerprint density at radius 2 is 1.19 bits per heavy atom. The van der Waals surface area contributed by atoms with Crippen molar-refractivity contribution in [2.45, 2.75) is 142 Å². The molecule has 0 spiro atoms. The molecule has 232 valence electrons. The van der Waals surface area contributed by atoms with Crippen molar-refractivity contribution in [3.8, 4) is 47.4 Å². The van der Waals surface area contributed by atoms with Gasteiger partial charge >= 0.3 is 0 Å². The number of hydrogen-bond acceptors (Lipinski definition) is 4. The largest absolute Gasteiger partial charge is 0.411 e. The molecule has 0 aromatic heterocycles. The lowest BCUT2D eigenvalue weighted by Gasteiger charge is -2.38. The summed E-state index contributed by atoms with van der Waals surface area (Å²) in [4.78, 5) is 0. The van der Waals surface area contributed by atoms with Crippen LogP contribution >= 0.6 is 0 Å². The summed E-state index contributed by atoms with van der Waals surface area (Å²) in [7, 11) is -3.78. The van der Waals surface area contributed by atoms with Crippen molar-refractivity contribution in [2.24, 2.45) is 0 Å². The zero-order valence-electron chi connectivity index (χ0n) is 28.3. The Morgan fingerprint density at radius 1 is 0.714 bits per heavy atom. The van der Waals surface area contributed by atoms with E-state index in [1.807, 2.05) is 18.2 Å². The van der Waals surface area contributed by atoms with Crippen molar-refractivity contribution in [1.29, 1.82) is 0 Å². The van der Waals surface area contributed by atoms with Crippen LogP contribution in [0.3, 0.4) is 0 Å². The van der Waals surface area contributed by atoms with Crippen molar-refractivity contribution in [1.82, 2.24) is 0 Å². The lowest BCUT2D eigenvalue weighted by Crippen LogP contribution is -2.43. The Morgan fingerprint density at radius 3 is 1.74 bits per heavy atom. The Balaban J connectivity index is 2.70. The highest BCUT2D eigenvalue weighted by molar-refractivity contribution is 6.74. The van der Waals surface area contributed by atoms with E-state index < -0.39 is 16.6 Å². The quantitative estimate of drug-likeness (QED) is 0.184. The summed E-state index contributed by atoms with van der Waals surface area (Å²) in [5.41, 5.74) is 0. The van der Waals surface area contributed by atoms with E-state index >= 15 is 0 Å². The highest BCUT2D eigenvalue weighted by Gasteiger charge is 2.39. The molecule has 1 fully saturated rings. The van der Waals surface area contributed by atoms with Crippen LogP contribution in [0.5, 0.6) is 0 Å². The summed E-state index contributed by atoms with van der Waals surface area (Å²) in [6.45, 7) is 26.2. The molecule has 1 aliphatic rings. The molecular weight excluding hydrogens is 553 g/mol. The van der Waals surface area contributed by atoms with E-state index in [9.17, 15) is 0 Å². The van der Waals surface area contributed by atoms with Gasteiger partial charge in [0.05, 0.1) is 38.3 Å². The van der Waals surface area contributed by atoms with Gasteiger partial charge in [-0.15, -0.1) is 5.92 Å². The van der Waals surface area contributed by atoms with Gasteiger partial charge < -0.3 is 18.3 Å². The molecule has 0 unspecified atom stereocenters. The summed E-state index contributed by atoms with van der Waals surface area (Å²) in [6, 6.07) is 0. The van der Waals surface area contributed by atoms with Gasteiger partial charge in [0.2, 0.25) is 0 Å². The van der Waals surface area contributed by atoms with Gasteiger partial charge in [-0.1, -0.05) is 89.9 Å². The molecule has 0 radical (unpaired) electrons. The van der Waals surface area contributed by atoms with Gasteiger partial charge in [-0.3, -0.25) is 0 Å². The van der Waals surface area contributed by atoms with Crippen LogP contribution in [-0.4, -0.2) is 48.3 Å². The van der Waals surface area contributed by atoms with Gasteiger partial charge in [0.25, 0.3) is 0 Å². The van der Waals surface area contributed by atoms with Crippen LogP contribution in [0, 0.1) is 47.4 Å². The van der Waals surface area contributed by atoms with Gasteiger partial charge in [0.15, 0.2) is 22.9 Å². The topological polar surface area (TPSA) is 36.9 Å². The molecule has 1 heterocycles. The highest BCUT2D eigenvalue weighted by Crippen LogP contribution is 2.38. The Kier molecular flexibility index (Phi) is 16.8. The normalized spacial score (nSPS) is 16.1. The van der Waals surface area contributed by atoms with Gasteiger partial charge in [-0.05, 0) is 67.0 Å². The minimum atomic E-state index is -1.96. The molecule has 42 heavy (non-hydrogen) atoms. The van der Waals surface area contributed by atoms with E-state index in [-0.39, 0.29) is 28.6 Å². The van der Waals surface area contributed by atoms with Crippen LogP contribution in [0.25, 0.3) is 0 Å². The van der Waals surface area contributed by atoms with Gasteiger partial charge in [-0.2, -0.15) is 0 Å². The number of hydrogen-bond donors (Lipinski definition) is 0. The predicted molar refractivity (Wildman–Crippen MR) is 183 cm³/mol. The van der Waals surface area contributed by atoms with Crippen LogP contribution in [0.4, 0.5) is 0 Å². The summed E-state index contributed by atoms with van der Waals surface area (Å²) in [6.07, 6.45) is 12.1. The molecule has 6 heteroatoms. The SMILES string of the molecule is CC[C@@H](/C=C/C#CC[C@@H](/C=C/C#CCC#CCC#CCCC1OCCO1)O[Si](C)(C)C(C)(C)C)O[Si](C)(C)C(C)(C)C. The fraction of sp³-hybridized carbons (Fsp3) is 0.667. The maximum absolute atomic E-state index is 6.66. The van der Waals surface area contributed by atoms with E-state index in [0.717, 1.165) is 19.3 Å². The third-order valence-corrected chi connectivity index (χ3v) is 17.0. The maximum Gasteiger partial charge on any atom is 0.192 e. The van der Waals surface area contributed by atoms with Gasteiger partial charge in [-0.25, -0.2) is 0 Å². The minimum Gasteiger partial charge on any atom is -0.411 e. The Hall–Kier alpha value is -2.01. The first-order chi connectivity index (χ1) is 19.6. The van der Waals surface area contributed by atoms with Crippen molar-refractivity contribution >= 4 is 16.6 Å². The van der Waals surface area contributed by atoms with Crippen molar-refractivity contribution in [2.75, 3.05) is 13.2 Å². The smallest absolute Gasteiger partial charge is 0.192 e. The summed E-state index contributed by atoms with van der Waals surface area (Å²) >= 11 is 0. The molecule has 1 rings (SSSR count). The predicted octanol–water partition coefficient (Wildman–Crippen LogP) is 8.63. The van der Waals surface area contributed by atoms with Crippen LogP contribution in [0.1, 0.15) is 87.0 Å². The zero-order chi connectivity index (χ0) is 31.7. The first-order valence-electron chi connectivity index (χ1n) is 15.4. The third-order valence-electron chi connectivity index (χ3n) is 8.00. The summed E-state index contributed by atoms with van der Waals surface area (Å²) < 4.78 is 24.0. The second-order valence-electron chi connectivity index (χ2n) is 13.6. The molecule has 1 saturated heterocycles. The molecule has 0 N–H and O–H groups in total. The fourth-order valence-corrected chi connectivity index (χ4v) is 5.91. The van der Waals surface area contributed by atoms with Crippen LogP contribution in [0.15, 0.2) is 24.3 Å². The van der Waals surface area contributed by atoms with Crippen LogP contribution in [0.2, 0.25) is 36.3 Å². The standard InChI is InChI=1S/C36H56O4Si2/c1-12-32(39-41(8,9)35(2,3)4)26-23-21-24-28-33(40-42(10,11)36(5,6)7)27-22-19-17-15-13-14-16-18-20-25-29-34-37-30-31-38-34/h22-23,26-27,32-34H,12,15-16,25,28-31H2,1-11H3/b26-23+,27-22+/t32-,33+/m0/s1.